The Labute approximate surface area is 156 Å². The standard InChI is InChI=1S/C19H19N3O3S/c1-13-5-3-4-6-15(13)11-20-17(23)12-26-19-22-21-18(25-19)14-7-9-16(24-2)10-8-14/h3-10H,11-12H2,1-2H3,(H,20,23). The molecular weight excluding hydrogens is 350 g/mol. The fraction of sp³-hybridized carbons (Fsp3) is 0.211. The topological polar surface area (TPSA) is 77.2 Å². The van der Waals surface area contributed by atoms with E-state index < -0.39 is 0 Å². The summed E-state index contributed by atoms with van der Waals surface area (Å²) in [4.78, 5) is 12.0. The fourth-order valence-electron chi connectivity index (χ4n) is 2.30. The largest absolute Gasteiger partial charge is 0.497 e. The van der Waals surface area contributed by atoms with Gasteiger partial charge >= 0.3 is 0 Å². The monoisotopic (exact) mass is 369 g/mol. The zero-order chi connectivity index (χ0) is 18.4. The van der Waals surface area contributed by atoms with Crippen LogP contribution in [0.4, 0.5) is 0 Å². The zero-order valence-electron chi connectivity index (χ0n) is 14.6. The van der Waals surface area contributed by atoms with Crippen LogP contribution in [-0.4, -0.2) is 29.0 Å². The predicted octanol–water partition coefficient (Wildman–Crippen LogP) is 3.46. The van der Waals surface area contributed by atoms with Crippen molar-refractivity contribution in [3.05, 3.63) is 59.7 Å². The molecule has 1 N–H and O–H groups in total. The highest BCUT2D eigenvalue weighted by Gasteiger charge is 2.11. The van der Waals surface area contributed by atoms with Crippen molar-refractivity contribution >= 4 is 17.7 Å². The molecule has 134 valence electrons. The summed E-state index contributed by atoms with van der Waals surface area (Å²) in [5, 5.41) is 11.3. The SMILES string of the molecule is COc1ccc(-c2nnc(SCC(=O)NCc3ccccc3C)o2)cc1. The highest BCUT2D eigenvalue weighted by atomic mass is 32.2. The van der Waals surface area contributed by atoms with Gasteiger partial charge in [0.2, 0.25) is 11.8 Å². The molecule has 0 aliphatic heterocycles. The van der Waals surface area contributed by atoms with Crippen molar-refractivity contribution in [1.82, 2.24) is 15.5 Å². The van der Waals surface area contributed by atoms with E-state index in [-0.39, 0.29) is 11.7 Å². The molecule has 0 spiro atoms. The van der Waals surface area contributed by atoms with Crippen molar-refractivity contribution in [1.29, 1.82) is 0 Å². The number of nitrogens with one attached hydrogen (secondary N) is 1. The van der Waals surface area contributed by atoms with E-state index in [9.17, 15) is 4.79 Å². The first kappa shape index (κ1) is 18.0. The van der Waals surface area contributed by atoms with Gasteiger partial charge in [-0.3, -0.25) is 4.79 Å². The Bertz CT molecular complexity index is 878. The smallest absolute Gasteiger partial charge is 0.277 e. The van der Waals surface area contributed by atoms with E-state index in [1.54, 1.807) is 7.11 Å². The maximum absolute atomic E-state index is 12.0. The molecule has 0 atom stereocenters. The molecule has 0 aliphatic rings. The van der Waals surface area contributed by atoms with Crippen molar-refractivity contribution in [3.8, 4) is 17.2 Å². The lowest BCUT2D eigenvalue weighted by molar-refractivity contribution is -0.118. The molecule has 6 nitrogen and oxygen atoms in total. The molecule has 0 radical (unpaired) electrons. The number of rotatable bonds is 7. The number of amides is 1. The molecule has 0 unspecified atom stereocenters. The molecule has 1 aromatic heterocycles. The van der Waals surface area contributed by atoms with E-state index in [2.05, 4.69) is 15.5 Å². The third-order valence-corrected chi connectivity index (χ3v) is 4.63. The first-order chi connectivity index (χ1) is 12.7. The first-order valence-electron chi connectivity index (χ1n) is 8.07. The van der Waals surface area contributed by atoms with Crippen LogP contribution in [0.15, 0.2) is 58.2 Å². The lowest BCUT2D eigenvalue weighted by Gasteiger charge is -2.06. The molecule has 0 bridgehead atoms. The van der Waals surface area contributed by atoms with Crippen LogP contribution < -0.4 is 10.1 Å². The number of carbonyl (C=O) groups excluding carboxylic acids is 1. The number of benzene rings is 2. The van der Waals surface area contributed by atoms with Gasteiger partial charge in [-0.2, -0.15) is 0 Å². The molecule has 1 amide bonds. The van der Waals surface area contributed by atoms with E-state index in [4.69, 9.17) is 9.15 Å². The zero-order valence-corrected chi connectivity index (χ0v) is 15.4. The van der Waals surface area contributed by atoms with Crippen LogP contribution in [0.1, 0.15) is 11.1 Å². The first-order valence-corrected chi connectivity index (χ1v) is 9.06. The number of hydrogen-bond acceptors (Lipinski definition) is 6. The lowest BCUT2D eigenvalue weighted by Crippen LogP contribution is -2.24. The van der Waals surface area contributed by atoms with Crippen molar-refractivity contribution in [3.63, 3.8) is 0 Å². The molecule has 3 aromatic rings. The Morgan fingerprint density at radius 2 is 1.92 bits per heavy atom. The van der Waals surface area contributed by atoms with Gasteiger partial charge in [0.05, 0.1) is 12.9 Å². The van der Waals surface area contributed by atoms with E-state index in [0.717, 1.165) is 22.4 Å². The summed E-state index contributed by atoms with van der Waals surface area (Å²) < 4.78 is 10.7. The summed E-state index contributed by atoms with van der Waals surface area (Å²) in [6.07, 6.45) is 0. The van der Waals surface area contributed by atoms with Gasteiger partial charge in [-0.05, 0) is 42.3 Å². The predicted molar refractivity (Wildman–Crippen MR) is 100 cm³/mol. The summed E-state index contributed by atoms with van der Waals surface area (Å²) in [6.45, 7) is 2.53. The number of aromatic nitrogens is 2. The summed E-state index contributed by atoms with van der Waals surface area (Å²) in [7, 11) is 1.61. The van der Waals surface area contributed by atoms with Crippen LogP contribution >= 0.6 is 11.8 Å². The normalized spacial score (nSPS) is 10.5. The van der Waals surface area contributed by atoms with Gasteiger partial charge in [0.25, 0.3) is 5.22 Å². The minimum absolute atomic E-state index is 0.0811. The number of carbonyl (C=O) groups is 1. The Morgan fingerprint density at radius 3 is 2.65 bits per heavy atom. The van der Waals surface area contributed by atoms with E-state index in [0.29, 0.717) is 17.7 Å². The average Bonchev–Trinajstić information content (AvgIpc) is 3.15. The Balaban J connectivity index is 1.51. The van der Waals surface area contributed by atoms with Crippen molar-refractivity contribution < 1.29 is 13.9 Å². The van der Waals surface area contributed by atoms with E-state index in [1.807, 2.05) is 55.5 Å². The minimum Gasteiger partial charge on any atom is -0.497 e. The highest BCUT2D eigenvalue weighted by Crippen LogP contribution is 2.24. The second-order valence-electron chi connectivity index (χ2n) is 5.59. The van der Waals surface area contributed by atoms with Gasteiger partial charge in [0, 0.05) is 12.1 Å². The average molecular weight is 369 g/mol. The molecule has 0 fully saturated rings. The summed E-state index contributed by atoms with van der Waals surface area (Å²) in [5.41, 5.74) is 3.06. The third-order valence-electron chi connectivity index (χ3n) is 3.81. The molecule has 1 heterocycles. The maximum atomic E-state index is 12.0. The van der Waals surface area contributed by atoms with Crippen LogP contribution in [0.5, 0.6) is 5.75 Å². The molecule has 2 aromatic carbocycles. The fourth-order valence-corrected chi connectivity index (χ4v) is 2.89. The van der Waals surface area contributed by atoms with Crippen LogP contribution in [0.25, 0.3) is 11.5 Å². The van der Waals surface area contributed by atoms with Gasteiger partial charge in [0.1, 0.15) is 5.75 Å². The second-order valence-corrected chi connectivity index (χ2v) is 6.52. The quantitative estimate of drug-likeness (QED) is 0.643. The number of aryl methyl sites for hydroxylation is 1. The Hall–Kier alpha value is -2.80. The molecule has 26 heavy (non-hydrogen) atoms. The molecule has 7 heteroatoms. The number of hydrogen-bond donors (Lipinski definition) is 1. The maximum Gasteiger partial charge on any atom is 0.277 e. The van der Waals surface area contributed by atoms with Crippen LogP contribution in [-0.2, 0) is 11.3 Å². The Kier molecular flexibility index (Phi) is 5.91. The molecule has 0 saturated heterocycles. The van der Waals surface area contributed by atoms with Gasteiger partial charge in [-0.15, -0.1) is 10.2 Å². The second kappa shape index (κ2) is 8.53. The molecule has 0 saturated carbocycles. The minimum atomic E-state index is -0.0811. The summed E-state index contributed by atoms with van der Waals surface area (Å²) in [5.74, 6) is 1.31. The van der Waals surface area contributed by atoms with Gasteiger partial charge in [-0.1, -0.05) is 36.0 Å². The van der Waals surface area contributed by atoms with Gasteiger partial charge in [0.15, 0.2) is 0 Å². The van der Waals surface area contributed by atoms with Crippen LogP contribution in [0.3, 0.4) is 0 Å². The lowest BCUT2D eigenvalue weighted by atomic mass is 10.1. The van der Waals surface area contributed by atoms with Crippen molar-refractivity contribution in [2.45, 2.75) is 18.7 Å². The number of nitrogens with zero attached hydrogens (tertiary/aromatic N) is 2. The molecule has 3 rings (SSSR count). The number of ether oxygens (including phenoxy) is 1. The number of methoxy groups -OCH3 is 1. The molecule has 0 aliphatic carbocycles. The van der Waals surface area contributed by atoms with Crippen molar-refractivity contribution in [2.24, 2.45) is 0 Å². The summed E-state index contributed by atoms with van der Waals surface area (Å²) >= 11 is 1.21. The van der Waals surface area contributed by atoms with Gasteiger partial charge < -0.3 is 14.5 Å². The Morgan fingerprint density at radius 1 is 1.15 bits per heavy atom. The highest BCUT2D eigenvalue weighted by molar-refractivity contribution is 7.99. The number of thioether (sulfide) groups is 1. The summed E-state index contributed by atoms with van der Waals surface area (Å²) in [6, 6.07) is 15.3. The van der Waals surface area contributed by atoms with E-state index in [1.165, 1.54) is 11.8 Å². The van der Waals surface area contributed by atoms with Crippen LogP contribution in [0.2, 0.25) is 0 Å². The van der Waals surface area contributed by atoms with Crippen LogP contribution in [0, 0.1) is 6.92 Å². The van der Waals surface area contributed by atoms with Crippen molar-refractivity contribution in [2.75, 3.05) is 12.9 Å². The molecular formula is C19H19N3O3S. The van der Waals surface area contributed by atoms with E-state index >= 15 is 0 Å². The third kappa shape index (κ3) is 4.64. The van der Waals surface area contributed by atoms with Gasteiger partial charge in [-0.25, -0.2) is 0 Å².